The Morgan fingerprint density at radius 2 is 0.691 bits per heavy atom. The molecule has 2 aliphatic rings. The number of para-hydroxylation sites is 4. The molecule has 0 saturated carbocycles. The van der Waals surface area contributed by atoms with Crippen molar-refractivity contribution in [2.24, 2.45) is 0 Å². The van der Waals surface area contributed by atoms with Crippen LogP contribution in [0, 0.1) is 0 Å². The van der Waals surface area contributed by atoms with Crippen molar-refractivity contribution < 1.29 is 0 Å². The van der Waals surface area contributed by atoms with Gasteiger partial charge in [0.05, 0.1) is 34.3 Å². The molecule has 15 aromatic rings. The van der Waals surface area contributed by atoms with Crippen LogP contribution < -0.4 is 51.3 Å². The van der Waals surface area contributed by atoms with E-state index < -0.39 is 16.1 Å². The molecular formula is C75H50N4Si2. The quantitative estimate of drug-likeness (QED) is 0.117. The Bertz CT molecular complexity index is 4820. The average molecular weight is 1060 g/mol. The Labute approximate surface area is 471 Å². The van der Waals surface area contributed by atoms with Crippen LogP contribution in [0.3, 0.4) is 0 Å². The summed E-state index contributed by atoms with van der Waals surface area (Å²) >= 11 is 0. The summed E-state index contributed by atoms with van der Waals surface area (Å²) < 4.78 is 2.42. The number of rotatable bonds is 7. The Hall–Kier alpha value is -10.1. The van der Waals surface area contributed by atoms with Crippen LogP contribution in [0.4, 0.5) is 34.1 Å². The van der Waals surface area contributed by atoms with Gasteiger partial charge in [0.1, 0.15) is 0 Å². The zero-order valence-electron chi connectivity index (χ0n) is 44.2. The minimum Gasteiger partial charge on any atom is -0.310 e. The van der Waals surface area contributed by atoms with E-state index in [1.165, 1.54) is 113 Å². The largest absolute Gasteiger partial charge is 0.310 e. The molecule has 0 fully saturated rings. The van der Waals surface area contributed by atoms with Crippen LogP contribution in [0.15, 0.2) is 304 Å². The maximum atomic E-state index is 4.67. The number of anilines is 6. The zero-order chi connectivity index (χ0) is 53.2. The summed E-state index contributed by atoms with van der Waals surface area (Å²) in [6.07, 6.45) is 3.86. The third-order valence-corrected chi connectivity index (χ3v) is 27.6. The molecule has 2 aromatic heterocycles. The first kappa shape index (κ1) is 45.9. The van der Waals surface area contributed by atoms with Gasteiger partial charge in [0, 0.05) is 50.5 Å². The van der Waals surface area contributed by atoms with Crippen molar-refractivity contribution in [1.29, 1.82) is 0 Å². The van der Waals surface area contributed by atoms with Crippen molar-refractivity contribution in [3.63, 3.8) is 0 Å². The van der Waals surface area contributed by atoms with Gasteiger partial charge in [0.25, 0.3) is 0 Å². The molecule has 0 unspecified atom stereocenters. The maximum Gasteiger partial charge on any atom is 0.184 e. The van der Waals surface area contributed by atoms with Crippen molar-refractivity contribution in [2.45, 2.75) is 0 Å². The highest BCUT2D eigenvalue weighted by Crippen LogP contribution is 2.50. The van der Waals surface area contributed by atoms with Crippen molar-refractivity contribution >= 4 is 146 Å². The summed E-state index contributed by atoms with van der Waals surface area (Å²) in [6, 6.07) is 110. The van der Waals surface area contributed by atoms with Crippen LogP contribution in [0.5, 0.6) is 0 Å². The van der Waals surface area contributed by atoms with E-state index in [1.54, 1.807) is 0 Å². The monoisotopic (exact) mass is 1060 g/mol. The van der Waals surface area contributed by atoms with Gasteiger partial charge in [0.2, 0.25) is 0 Å². The molecule has 0 aliphatic carbocycles. The minimum atomic E-state index is -3.06. The molecule has 0 N–H and O–H groups in total. The number of pyridine rings is 1. The topological polar surface area (TPSA) is 24.3 Å². The molecule has 81 heavy (non-hydrogen) atoms. The molecule has 0 radical (unpaired) electrons. The van der Waals surface area contributed by atoms with Crippen LogP contribution >= 0.6 is 0 Å². The van der Waals surface area contributed by atoms with Gasteiger partial charge in [-0.3, -0.25) is 4.98 Å². The Balaban J connectivity index is 0.949. The predicted octanol–water partition coefficient (Wildman–Crippen LogP) is 13.4. The van der Waals surface area contributed by atoms with E-state index in [-0.39, 0.29) is 0 Å². The molecule has 13 aromatic carbocycles. The molecule has 0 bridgehead atoms. The minimum absolute atomic E-state index is 1.03. The fourth-order valence-corrected chi connectivity index (χ4v) is 25.0. The van der Waals surface area contributed by atoms with Gasteiger partial charge in [-0.05, 0) is 124 Å². The smallest absolute Gasteiger partial charge is 0.184 e. The third kappa shape index (κ3) is 6.31. The lowest BCUT2D eigenvalue weighted by Gasteiger charge is -2.45. The number of fused-ring (bicyclic) bond motifs is 7. The summed E-state index contributed by atoms with van der Waals surface area (Å²) in [7, 11) is -5.88. The first-order valence-electron chi connectivity index (χ1n) is 28.0. The molecule has 4 heterocycles. The Morgan fingerprint density at radius 1 is 0.272 bits per heavy atom. The lowest BCUT2D eigenvalue weighted by molar-refractivity contribution is 1.14. The first-order valence-corrected chi connectivity index (χ1v) is 32.0. The standard InChI is InChI=1S/C75H50N4Si2/c1-5-23-54(24-6-1)80(55-25-7-2-8-26-55)70-36-18-15-33-65(70)78(66-34-16-19-37-71(66)80)63-45-41-51-40-44-60-64(46-42-52-39-43-59(63)74(51)75(52)60)79-67-35-17-20-38-72(67)81(56-27-9-3-10-28-56,57-29-11-4-12-30-57)73-48-61-58-31-13-14-32-62(58)77(68(61)49-69(73)79)53-22-21-47-76-50-53/h1-50H. The van der Waals surface area contributed by atoms with Gasteiger partial charge in [0.15, 0.2) is 16.1 Å². The normalized spacial score (nSPS) is 14.1. The molecular weight excluding hydrogens is 1010 g/mol. The fraction of sp³-hybridized carbons (Fsp3) is 0. The highest BCUT2D eigenvalue weighted by Gasteiger charge is 2.51. The van der Waals surface area contributed by atoms with Crippen LogP contribution in [-0.2, 0) is 0 Å². The molecule has 17 rings (SSSR count). The molecule has 0 amide bonds. The van der Waals surface area contributed by atoms with E-state index in [4.69, 9.17) is 0 Å². The molecule has 0 atom stereocenters. The van der Waals surface area contributed by atoms with E-state index in [0.29, 0.717) is 0 Å². The summed E-state index contributed by atoms with van der Waals surface area (Å²) in [6.45, 7) is 0. The molecule has 4 nitrogen and oxygen atoms in total. The summed E-state index contributed by atoms with van der Waals surface area (Å²) in [4.78, 5) is 9.87. The first-order chi connectivity index (χ1) is 40.2. The molecule has 2 aliphatic heterocycles. The van der Waals surface area contributed by atoms with Gasteiger partial charge >= 0.3 is 0 Å². The van der Waals surface area contributed by atoms with Crippen LogP contribution in [-0.4, -0.2) is 25.7 Å². The van der Waals surface area contributed by atoms with Gasteiger partial charge in [-0.15, -0.1) is 0 Å². The van der Waals surface area contributed by atoms with E-state index in [9.17, 15) is 0 Å². The predicted molar refractivity (Wildman–Crippen MR) is 346 cm³/mol. The Kier molecular flexibility index (Phi) is 10.0. The second-order valence-corrected chi connectivity index (χ2v) is 29.2. The lowest BCUT2D eigenvalue weighted by Crippen LogP contribution is -2.77. The van der Waals surface area contributed by atoms with Gasteiger partial charge in [-0.25, -0.2) is 0 Å². The molecule has 378 valence electrons. The molecule has 6 heteroatoms. The summed E-state index contributed by atoms with van der Waals surface area (Å²) in [5.74, 6) is 0. The summed E-state index contributed by atoms with van der Waals surface area (Å²) in [5, 5.41) is 20.9. The third-order valence-electron chi connectivity index (χ3n) is 17.9. The van der Waals surface area contributed by atoms with Crippen LogP contribution in [0.1, 0.15) is 0 Å². The number of hydrogen-bond donors (Lipinski definition) is 0. The Morgan fingerprint density at radius 3 is 1.17 bits per heavy atom. The number of hydrogen-bond acceptors (Lipinski definition) is 3. The highest BCUT2D eigenvalue weighted by molar-refractivity contribution is 7.22. The van der Waals surface area contributed by atoms with E-state index in [1.807, 2.05) is 18.5 Å². The van der Waals surface area contributed by atoms with Crippen molar-refractivity contribution in [1.82, 2.24) is 9.55 Å². The van der Waals surface area contributed by atoms with E-state index in [0.717, 1.165) is 22.4 Å². The SMILES string of the molecule is c1ccc([Si]2(c3ccccc3)c3ccccc3N(c3ccc4ccc5c(N6c7ccccc7[Si](c7ccccc7)(c7ccccc7)c7cc8c9ccccc9n(-c9cccnc9)c8cc76)ccc6ccc3c4c65)c3ccccc32)cc1. The second-order valence-electron chi connectivity index (χ2n) is 21.7. The molecule has 0 spiro atoms. The van der Waals surface area contributed by atoms with Gasteiger partial charge in [-0.2, -0.15) is 0 Å². The lowest BCUT2D eigenvalue weighted by atomic mass is 9.91. The van der Waals surface area contributed by atoms with Crippen LogP contribution in [0.25, 0.3) is 59.8 Å². The van der Waals surface area contributed by atoms with Gasteiger partial charge < -0.3 is 14.4 Å². The van der Waals surface area contributed by atoms with Crippen molar-refractivity contribution in [3.8, 4) is 5.69 Å². The zero-order valence-corrected chi connectivity index (χ0v) is 46.2. The fourth-order valence-electron chi connectivity index (χ4n) is 14.8. The van der Waals surface area contributed by atoms with Crippen LogP contribution in [0.2, 0.25) is 0 Å². The number of nitrogens with zero attached hydrogens (tertiary/aromatic N) is 4. The molecule has 0 saturated heterocycles. The maximum absolute atomic E-state index is 4.67. The van der Waals surface area contributed by atoms with Gasteiger partial charge in [-0.1, -0.05) is 231 Å². The van der Waals surface area contributed by atoms with E-state index >= 15 is 0 Å². The number of benzene rings is 13. The second kappa shape index (κ2) is 17.7. The van der Waals surface area contributed by atoms with Crippen molar-refractivity contribution in [3.05, 3.63) is 304 Å². The highest BCUT2D eigenvalue weighted by atomic mass is 28.3. The van der Waals surface area contributed by atoms with E-state index in [2.05, 4.69) is 304 Å². The average Bonchev–Trinajstić information content (AvgIpc) is 4.09. The summed E-state index contributed by atoms with van der Waals surface area (Å²) in [5.41, 5.74) is 10.5. The number of aromatic nitrogens is 2. The van der Waals surface area contributed by atoms with Crippen molar-refractivity contribution in [2.75, 3.05) is 9.80 Å².